The summed E-state index contributed by atoms with van der Waals surface area (Å²) in [4.78, 5) is 36.5. The summed E-state index contributed by atoms with van der Waals surface area (Å²) in [5.41, 5.74) is 8.00. The van der Waals surface area contributed by atoms with Gasteiger partial charge in [0.15, 0.2) is 5.11 Å². The molecule has 22 heavy (non-hydrogen) atoms. The standard InChI is InChI=1S/C13H13ClN4O3S/c1-17-12(21)9(6-10(15)19)18(13(17)22)16-11(20)7-2-4-8(14)5-3-7/h2-5,9H,6H2,1H3,(H2,15,19)(H,16,20)/t9-/m0/s1. The molecule has 0 saturated carbocycles. The van der Waals surface area contributed by atoms with Crippen molar-refractivity contribution in [2.45, 2.75) is 12.5 Å². The van der Waals surface area contributed by atoms with Crippen molar-refractivity contribution >= 4 is 46.7 Å². The number of hydrogen-bond acceptors (Lipinski definition) is 4. The molecule has 1 atom stereocenters. The highest BCUT2D eigenvalue weighted by molar-refractivity contribution is 7.80. The molecule has 0 spiro atoms. The van der Waals surface area contributed by atoms with Crippen molar-refractivity contribution in [1.29, 1.82) is 0 Å². The van der Waals surface area contributed by atoms with Gasteiger partial charge in [0.2, 0.25) is 5.91 Å². The Balaban J connectivity index is 2.19. The van der Waals surface area contributed by atoms with Crippen molar-refractivity contribution in [3.63, 3.8) is 0 Å². The molecular weight excluding hydrogens is 328 g/mol. The third-order valence-electron chi connectivity index (χ3n) is 3.14. The second-order valence-electron chi connectivity index (χ2n) is 4.68. The van der Waals surface area contributed by atoms with Crippen LogP contribution in [0.4, 0.5) is 0 Å². The van der Waals surface area contributed by atoms with Gasteiger partial charge in [-0.3, -0.25) is 24.7 Å². The normalized spacial score (nSPS) is 17.8. The van der Waals surface area contributed by atoms with Crippen LogP contribution in [-0.4, -0.2) is 45.8 Å². The molecule has 1 aromatic carbocycles. The lowest BCUT2D eigenvalue weighted by molar-refractivity contribution is -0.130. The zero-order valence-corrected chi connectivity index (χ0v) is 13.1. The Morgan fingerprint density at radius 3 is 2.50 bits per heavy atom. The van der Waals surface area contributed by atoms with Crippen molar-refractivity contribution in [3.05, 3.63) is 34.9 Å². The van der Waals surface area contributed by atoms with E-state index in [4.69, 9.17) is 29.6 Å². The molecule has 1 aliphatic rings. The van der Waals surface area contributed by atoms with E-state index < -0.39 is 23.8 Å². The molecule has 0 unspecified atom stereocenters. The highest BCUT2D eigenvalue weighted by Crippen LogP contribution is 2.17. The Hall–Kier alpha value is -2.19. The lowest BCUT2D eigenvalue weighted by Gasteiger charge is -2.23. The van der Waals surface area contributed by atoms with Crippen LogP contribution < -0.4 is 11.2 Å². The van der Waals surface area contributed by atoms with Gasteiger partial charge in [-0.1, -0.05) is 11.6 Å². The minimum Gasteiger partial charge on any atom is -0.370 e. The molecule has 1 heterocycles. The number of nitrogens with one attached hydrogen (secondary N) is 1. The van der Waals surface area contributed by atoms with Crippen molar-refractivity contribution in [3.8, 4) is 0 Å². The number of amides is 3. The summed E-state index contributed by atoms with van der Waals surface area (Å²) in [7, 11) is 1.47. The molecule has 2 rings (SSSR count). The number of hydrazine groups is 1. The van der Waals surface area contributed by atoms with E-state index in [-0.39, 0.29) is 11.5 Å². The van der Waals surface area contributed by atoms with E-state index in [1.807, 2.05) is 0 Å². The second-order valence-corrected chi connectivity index (χ2v) is 5.49. The summed E-state index contributed by atoms with van der Waals surface area (Å²) in [5.74, 6) is -1.54. The van der Waals surface area contributed by atoms with Crippen LogP contribution in [0, 0.1) is 0 Å². The number of primary amides is 1. The summed E-state index contributed by atoms with van der Waals surface area (Å²) in [6.45, 7) is 0. The van der Waals surface area contributed by atoms with Crippen LogP contribution in [0.15, 0.2) is 24.3 Å². The first-order valence-electron chi connectivity index (χ1n) is 6.27. The maximum Gasteiger partial charge on any atom is 0.269 e. The second kappa shape index (κ2) is 6.29. The zero-order valence-electron chi connectivity index (χ0n) is 11.6. The fourth-order valence-corrected chi connectivity index (χ4v) is 2.38. The summed E-state index contributed by atoms with van der Waals surface area (Å²) in [5, 5.41) is 1.77. The summed E-state index contributed by atoms with van der Waals surface area (Å²) in [6.07, 6.45) is -0.246. The minimum atomic E-state index is -0.939. The van der Waals surface area contributed by atoms with Crippen LogP contribution in [0.3, 0.4) is 0 Å². The number of carbonyl (C=O) groups is 3. The average molecular weight is 341 g/mol. The van der Waals surface area contributed by atoms with Crippen molar-refractivity contribution in [1.82, 2.24) is 15.3 Å². The molecule has 1 saturated heterocycles. The molecule has 9 heteroatoms. The van der Waals surface area contributed by atoms with E-state index in [9.17, 15) is 14.4 Å². The van der Waals surface area contributed by atoms with Crippen molar-refractivity contribution in [2.24, 2.45) is 5.73 Å². The van der Waals surface area contributed by atoms with Gasteiger partial charge in [-0.25, -0.2) is 5.01 Å². The van der Waals surface area contributed by atoms with Gasteiger partial charge in [-0.15, -0.1) is 0 Å². The molecular formula is C13H13ClN4O3S. The number of carbonyl (C=O) groups excluding carboxylic acids is 3. The molecule has 0 radical (unpaired) electrons. The van der Waals surface area contributed by atoms with Crippen molar-refractivity contribution in [2.75, 3.05) is 7.05 Å². The number of hydrogen-bond donors (Lipinski definition) is 2. The van der Waals surface area contributed by atoms with Gasteiger partial charge in [0.25, 0.3) is 11.8 Å². The predicted molar refractivity (Wildman–Crippen MR) is 83.7 cm³/mol. The van der Waals surface area contributed by atoms with E-state index in [1.54, 1.807) is 12.1 Å². The van der Waals surface area contributed by atoms with E-state index in [0.29, 0.717) is 10.6 Å². The largest absolute Gasteiger partial charge is 0.370 e. The van der Waals surface area contributed by atoms with Gasteiger partial charge in [-0.2, -0.15) is 0 Å². The molecule has 0 aliphatic carbocycles. The van der Waals surface area contributed by atoms with Crippen LogP contribution in [0.1, 0.15) is 16.8 Å². The first-order chi connectivity index (χ1) is 10.3. The number of likely N-dealkylation sites (N-methyl/N-ethyl adjacent to an activating group) is 1. The Kier molecular flexibility index (Phi) is 4.62. The van der Waals surface area contributed by atoms with E-state index in [2.05, 4.69) is 5.43 Å². The highest BCUT2D eigenvalue weighted by atomic mass is 35.5. The highest BCUT2D eigenvalue weighted by Gasteiger charge is 2.42. The molecule has 0 bridgehead atoms. The summed E-state index contributed by atoms with van der Waals surface area (Å²) < 4.78 is 0. The molecule has 3 amide bonds. The lowest BCUT2D eigenvalue weighted by atomic mass is 10.2. The zero-order chi connectivity index (χ0) is 16.4. The van der Waals surface area contributed by atoms with Crippen LogP contribution in [0.25, 0.3) is 0 Å². The number of halogens is 1. The quantitative estimate of drug-likeness (QED) is 0.768. The summed E-state index contributed by atoms with van der Waals surface area (Å²) >= 11 is 10.9. The number of rotatable bonds is 4. The Morgan fingerprint density at radius 1 is 1.36 bits per heavy atom. The van der Waals surface area contributed by atoms with Gasteiger partial charge >= 0.3 is 0 Å². The molecule has 7 nitrogen and oxygen atoms in total. The fourth-order valence-electron chi connectivity index (χ4n) is 1.99. The number of nitrogens with two attached hydrogens (primary N) is 1. The number of benzene rings is 1. The van der Waals surface area contributed by atoms with Crippen LogP contribution in [-0.2, 0) is 9.59 Å². The smallest absolute Gasteiger partial charge is 0.269 e. The van der Waals surface area contributed by atoms with Gasteiger partial charge in [0.1, 0.15) is 6.04 Å². The monoisotopic (exact) mass is 340 g/mol. The van der Waals surface area contributed by atoms with Crippen LogP contribution in [0.2, 0.25) is 5.02 Å². The Morgan fingerprint density at radius 2 is 1.95 bits per heavy atom. The molecule has 0 aromatic heterocycles. The van der Waals surface area contributed by atoms with Gasteiger partial charge in [0, 0.05) is 17.6 Å². The SMILES string of the molecule is CN1C(=O)[C@H](CC(N)=O)N(NC(=O)c2ccc(Cl)cc2)C1=S. The number of nitrogens with zero attached hydrogens (tertiary/aromatic N) is 2. The number of thiocarbonyl (C=S) groups is 1. The summed E-state index contributed by atoms with van der Waals surface area (Å²) in [6, 6.07) is 5.26. The van der Waals surface area contributed by atoms with Crippen molar-refractivity contribution < 1.29 is 14.4 Å². The van der Waals surface area contributed by atoms with E-state index in [1.165, 1.54) is 29.1 Å². The minimum absolute atomic E-state index is 0.0959. The average Bonchev–Trinajstić information content (AvgIpc) is 2.65. The maximum atomic E-state index is 12.2. The third-order valence-corrected chi connectivity index (χ3v) is 3.87. The molecule has 3 N–H and O–H groups in total. The molecule has 1 aromatic rings. The predicted octanol–water partition coefficient (Wildman–Crippen LogP) is 0.288. The van der Waals surface area contributed by atoms with Crippen LogP contribution in [0.5, 0.6) is 0 Å². The topological polar surface area (TPSA) is 95.7 Å². The van der Waals surface area contributed by atoms with Gasteiger partial charge in [-0.05, 0) is 36.5 Å². The molecule has 1 fully saturated rings. The Bertz CT molecular complexity index is 649. The third kappa shape index (κ3) is 3.18. The first-order valence-corrected chi connectivity index (χ1v) is 7.05. The fraction of sp³-hybridized carbons (Fsp3) is 0.231. The first kappa shape index (κ1) is 16.2. The van der Waals surface area contributed by atoms with Gasteiger partial charge in [0.05, 0.1) is 6.42 Å². The molecule has 116 valence electrons. The van der Waals surface area contributed by atoms with Crippen LogP contribution >= 0.6 is 23.8 Å². The lowest BCUT2D eigenvalue weighted by Crippen LogP contribution is -2.49. The Labute approximate surface area is 137 Å². The molecule has 1 aliphatic heterocycles. The van der Waals surface area contributed by atoms with Gasteiger partial charge < -0.3 is 5.73 Å². The van der Waals surface area contributed by atoms with E-state index >= 15 is 0 Å². The maximum absolute atomic E-state index is 12.2. The van der Waals surface area contributed by atoms with E-state index in [0.717, 1.165) is 0 Å².